The van der Waals surface area contributed by atoms with E-state index in [2.05, 4.69) is 31.9 Å². The molecule has 0 N–H and O–H groups in total. The van der Waals surface area contributed by atoms with Gasteiger partial charge in [-0.3, -0.25) is 0 Å². The monoisotopic (exact) mass is 434 g/mol. The minimum Gasteiger partial charge on any atom is -0.462 e. The average molecular weight is 436 g/mol. The Labute approximate surface area is 147 Å². The van der Waals surface area contributed by atoms with Crippen molar-refractivity contribution in [2.45, 2.75) is 39.5 Å². The molecule has 0 saturated carbocycles. The number of halogens is 2. The summed E-state index contributed by atoms with van der Waals surface area (Å²) in [7, 11) is 0. The first-order valence-electron chi connectivity index (χ1n) is 7.34. The minimum absolute atomic E-state index is 0.313. The van der Waals surface area contributed by atoms with Crippen LogP contribution in [0.4, 0.5) is 0 Å². The van der Waals surface area contributed by atoms with Gasteiger partial charge < -0.3 is 9.47 Å². The molecule has 0 aliphatic carbocycles. The van der Waals surface area contributed by atoms with Crippen molar-refractivity contribution in [1.82, 2.24) is 0 Å². The van der Waals surface area contributed by atoms with Gasteiger partial charge in [-0.2, -0.15) is 0 Å². The summed E-state index contributed by atoms with van der Waals surface area (Å²) < 4.78 is 11.5. The highest BCUT2D eigenvalue weighted by Crippen LogP contribution is 2.29. The number of esters is 2. The highest BCUT2D eigenvalue weighted by atomic mass is 79.9. The molecule has 0 aromatic heterocycles. The zero-order valence-electron chi connectivity index (χ0n) is 12.8. The van der Waals surface area contributed by atoms with Crippen LogP contribution in [0, 0.1) is 0 Å². The first kappa shape index (κ1) is 19.2. The summed E-state index contributed by atoms with van der Waals surface area (Å²) in [6.07, 6.45) is 3.52. The van der Waals surface area contributed by atoms with Crippen molar-refractivity contribution in [3.05, 3.63) is 32.2 Å². The third-order valence-corrected chi connectivity index (χ3v) is 4.96. The first-order valence-corrected chi connectivity index (χ1v) is 8.93. The number of benzene rings is 1. The molecule has 4 nitrogen and oxygen atoms in total. The first-order chi connectivity index (χ1) is 10.5. The van der Waals surface area contributed by atoms with Gasteiger partial charge in [0.25, 0.3) is 0 Å². The lowest BCUT2D eigenvalue weighted by molar-refractivity contribution is 0.0497. The van der Waals surface area contributed by atoms with Crippen LogP contribution in [0.2, 0.25) is 0 Å². The molecule has 1 rings (SSSR count). The molecule has 6 heteroatoms. The van der Waals surface area contributed by atoms with Crippen LogP contribution >= 0.6 is 31.9 Å². The highest BCUT2D eigenvalue weighted by molar-refractivity contribution is 9.13. The van der Waals surface area contributed by atoms with Crippen LogP contribution in [0.3, 0.4) is 0 Å². The van der Waals surface area contributed by atoms with E-state index < -0.39 is 11.9 Å². The van der Waals surface area contributed by atoms with E-state index >= 15 is 0 Å². The SMILES string of the molecule is CCCCOC(=O)c1cc(Br)c(Br)c(C(=O)OCCCC)c1. The second-order valence-electron chi connectivity index (χ2n) is 4.80. The van der Waals surface area contributed by atoms with Gasteiger partial charge in [-0.05, 0) is 56.8 Å². The van der Waals surface area contributed by atoms with Crippen LogP contribution in [0.5, 0.6) is 0 Å². The molecule has 0 spiro atoms. The van der Waals surface area contributed by atoms with E-state index in [-0.39, 0.29) is 0 Å². The van der Waals surface area contributed by atoms with E-state index in [0.717, 1.165) is 25.7 Å². The number of unbranched alkanes of at least 4 members (excludes halogenated alkanes) is 2. The predicted octanol–water partition coefficient (Wildman–Crippen LogP) is 5.13. The fourth-order valence-corrected chi connectivity index (χ4v) is 2.49. The molecular formula is C16H20Br2O4. The summed E-state index contributed by atoms with van der Waals surface area (Å²) in [6, 6.07) is 3.12. The van der Waals surface area contributed by atoms with Crippen molar-refractivity contribution in [2.24, 2.45) is 0 Å². The molecule has 0 amide bonds. The molecule has 0 aliphatic heterocycles. The second-order valence-corrected chi connectivity index (χ2v) is 6.45. The van der Waals surface area contributed by atoms with Gasteiger partial charge in [0.05, 0.1) is 24.3 Å². The Balaban J connectivity index is 2.89. The van der Waals surface area contributed by atoms with Gasteiger partial charge >= 0.3 is 11.9 Å². The molecule has 0 radical (unpaired) electrons. The van der Waals surface area contributed by atoms with Crippen molar-refractivity contribution >= 4 is 43.8 Å². The van der Waals surface area contributed by atoms with E-state index in [1.54, 1.807) is 6.07 Å². The summed E-state index contributed by atoms with van der Waals surface area (Å²) in [6.45, 7) is 4.78. The van der Waals surface area contributed by atoms with Crippen molar-refractivity contribution in [3.8, 4) is 0 Å². The number of ether oxygens (including phenoxy) is 2. The Morgan fingerprint density at radius 3 is 2.05 bits per heavy atom. The fourth-order valence-electron chi connectivity index (χ4n) is 1.63. The molecule has 1 aromatic carbocycles. The van der Waals surface area contributed by atoms with Gasteiger partial charge in [-0.15, -0.1) is 0 Å². The van der Waals surface area contributed by atoms with Crippen molar-refractivity contribution in [1.29, 1.82) is 0 Å². The Bertz CT molecular complexity index is 529. The molecule has 1 aromatic rings. The van der Waals surface area contributed by atoms with E-state index in [4.69, 9.17) is 9.47 Å². The number of carbonyl (C=O) groups is 2. The Morgan fingerprint density at radius 1 is 0.955 bits per heavy atom. The molecule has 0 saturated heterocycles. The molecule has 0 atom stereocenters. The van der Waals surface area contributed by atoms with Crippen LogP contribution in [0.25, 0.3) is 0 Å². The maximum atomic E-state index is 12.1. The van der Waals surface area contributed by atoms with Gasteiger partial charge in [0.2, 0.25) is 0 Å². The highest BCUT2D eigenvalue weighted by Gasteiger charge is 2.19. The van der Waals surface area contributed by atoms with Gasteiger partial charge in [0, 0.05) is 8.95 Å². The molecule has 122 valence electrons. The number of hydrogen-bond acceptors (Lipinski definition) is 4. The molecule has 0 aliphatic rings. The van der Waals surface area contributed by atoms with Crippen molar-refractivity contribution in [3.63, 3.8) is 0 Å². The van der Waals surface area contributed by atoms with E-state index in [1.165, 1.54) is 6.07 Å². The van der Waals surface area contributed by atoms with Gasteiger partial charge in [0.1, 0.15) is 0 Å². The lowest BCUT2D eigenvalue weighted by atomic mass is 10.1. The zero-order chi connectivity index (χ0) is 16.5. The van der Waals surface area contributed by atoms with Crippen molar-refractivity contribution < 1.29 is 19.1 Å². The molecule has 0 unspecified atom stereocenters. The number of carbonyl (C=O) groups excluding carboxylic acids is 2. The Morgan fingerprint density at radius 2 is 1.50 bits per heavy atom. The standard InChI is InChI=1S/C16H20Br2O4/c1-3-5-7-21-15(19)11-9-12(14(18)13(17)10-11)16(20)22-8-6-4-2/h9-10H,3-8H2,1-2H3. The maximum Gasteiger partial charge on any atom is 0.339 e. The number of hydrogen-bond donors (Lipinski definition) is 0. The molecular weight excluding hydrogens is 416 g/mol. The van der Waals surface area contributed by atoms with Gasteiger partial charge in [-0.25, -0.2) is 9.59 Å². The summed E-state index contributed by atoms with van der Waals surface area (Å²) in [5.41, 5.74) is 0.640. The van der Waals surface area contributed by atoms with Gasteiger partial charge in [0.15, 0.2) is 0 Å². The fraction of sp³-hybridized carbons (Fsp3) is 0.500. The summed E-state index contributed by atoms with van der Waals surface area (Å²) in [4.78, 5) is 24.1. The summed E-state index contributed by atoms with van der Waals surface area (Å²) >= 11 is 6.67. The lowest BCUT2D eigenvalue weighted by Gasteiger charge is -2.10. The zero-order valence-corrected chi connectivity index (χ0v) is 16.0. The van der Waals surface area contributed by atoms with E-state index in [1.807, 2.05) is 13.8 Å². The third-order valence-electron chi connectivity index (χ3n) is 2.95. The molecule has 22 heavy (non-hydrogen) atoms. The van der Waals surface area contributed by atoms with E-state index in [9.17, 15) is 9.59 Å². The topological polar surface area (TPSA) is 52.6 Å². The molecule has 0 heterocycles. The third kappa shape index (κ3) is 5.72. The smallest absolute Gasteiger partial charge is 0.339 e. The van der Waals surface area contributed by atoms with Crippen molar-refractivity contribution in [2.75, 3.05) is 13.2 Å². The quantitative estimate of drug-likeness (QED) is 0.419. The second kappa shape index (κ2) is 10.0. The Hall–Kier alpha value is -0.880. The Kier molecular flexibility index (Phi) is 8.71. The lowest BCUT2D eigenvalue weighted by Crippen LogP contribution is -2.11. The maximum absolute atomic E-state index is 12.1. The molecule has 0 bridgehead atoms. The number of rotatable bonds is 8. The van der Waals surface area contributed by atoms with E-state index in [0.29, 0.717) is 33.3 Å². The van der Waals surface area contributed by atoms with Crippen LogP contribution in [0.1, 0.15) is 60.2 Å². The van der Waals surface area contributed by atoms with Gasteiger partial charge in [-0.1, -0.05) is 26.7 Å². The predicted molar refractivity (Wildman–Crippen MR) is 92.2 cm³/mol. The summed E-state index contributed by atoms with van der Waals surface area (Å²) in [5.74, 6) is -0.895. The molecule has 0 fully saturated rings. The average Bonchev–Trinajstić information content (AvgIpc) is 2.50. The van der Waals surface area contributed by atoms with Crippen LogP contribution in [0.15, 0.2) is 21.1 Å². The van der Waals surface area contributed by atoms with Crippen LogP contribution < -0.4 is 0 Å². The minimum atomic E-state index is -0.454. The normalized spacial score (nSPS) is 10.4. The van der Waals surface area contributed by atoms with Crippen LogP contribution in [-0.4, -0.2) is 25.2 Å². The largest absolute Gasteiger partial charge is 0.462 e. The summed E-state index contributed by atoms with van der Waals surface area (Å²) in [5, 5.41) is 0. The van der Waals surface area contributed by atoms with Crippen LogP contribution in [-0.2, 0) is 9.47 Å².